The number of aromatic nitrogens is 1. The van der Waals surface area contributed by atoms with Crippen molar-refractivity contribution in [3.8, 4) is 0 Å². The molecule has 1 amide bonds. The van der Waals surface area contributed by atoms with Gasteiger partial charge < -0.3 is 16.2 Å². The highest BCUT2D eigenvalue weighted by Gasteiger charge is 2.43. The van der Waals surface area contributed by atoms with Crippen LogP contribution in [0.4, 0.5) is 5.82 Å². The lowest BCUT2D eigenvalue weighted by molar-refractivity contribution is -0.153. The summed E-state index contributed by atoms with van der Waals surface area (Å²) in [4.78, 5) is 25.8. The number of carboxylic acid groups (broad SMARTS) is 1. The lowest BCUT2D eigenvalue weighted by Crippen LogP contribution is -2.62. The number of carbonyl (C=O) groups excluding carboxylic acids is 1. The molecule has 0 bridgehead atoms. The monoisotopic (exact) mass is 221 g/mol. The number of anilines is 1. The fraction of sp³-hybridized carbons (Fsp3) is 0.300. The van der Waals surface area contributed by atoms with Gasteiger partial charge in [0.25, 0.3) is 0 Å². The molecular formula is C10H11N3O3. The van der Waals surface area contributed by atoms with E-state index >= 15 is 0 Å². The number of hydrogen-bond acceptors (Lipinski definition) is 4. The van der Waals surface area contributed by atoms with Crippen molar-refractivity contribution in [2.24, 2.45) is 5.92 Å². The summed E-state index contributed by atoms with van der Waals surface area (Å²) in [5, 5.41) is 11.1. The van der Waals surface area contributed by atoms with E-state index < -0.39 is 17.9 Å². The summed E-state index contributed by atoms with van der Waals surface area (Å²) in [6.07, 6.45) is 1.91. The lowest BCUT2D eigenvalue weighted by atomic mass is 9.85. The summed E-state index contributed by atoms with van der Waals surface area (Å²) in [7, 11) is 0. The Hall–Kier alpha value is -2.11. The average molecular weight is 221 g/mol. The van der Waals surface area contributed by atoms with Crippen molar-refractivity contribution < 1.29 is 14.7 Å². The Balaban J connectivity index is 2.09. The molecule has 2 rings (SSSR count). The largest absolute Gasteiger partial charge is 0.480 e. The lowest BCUT2D eigenvalue weighted by Gasteiger charge is -2.33. The van der Waals surface area contributed by atoms with E-state index in [0.29, 0.717) is 12.2 Å². The van der Waals surface area contributed by atoms with Gasteiger partial charge in [-0.25, -0.2) is 9.78 Å². The van der Waals surface area contributed by atoms with E-state index in [4.69, 9.17) is 10.8 Å². The van der Waals surface area contributed by atoms with Crippen molar-refractivity contribution in [3.63, 3.8) is 0 Å². The van der Waals surface area contributed by atoms with Gasteiger partial charge in [0.05, 0.1) is 5.92 Å². The van der Waals surface area contributed by atoms with Crippen LogP contribution in [-0.2, 0) is 16.0 Å². The van der Waals surface area contributed by atoms with Gasteiger partial charge in [-0.1, -0.05) is 0 Å². The van der Waals surface area contributed by atoms with Crippen molar-refractivity contribution in [2.75, 3.05) is 5.73 Å². The van der Waals surface area contributed by atoms with Crippen LogP contribution in [0.3, 0.4) is 0 Å². The molecule has 2 heterocycles. The molecule has 1 aromatic rings. The zero-order chi connectivity index (χ0) is 11.7. The maximum Gasteiger partial charge on any atom is 0.327 e. The van der Waals surface area contributed by atoms with E-state index in [1.165, 1.54) is 6.20 Å². The van der Waals surface area contributed by atoms with Gasteiger partial charge in [-0.2, -0.15) is 0 Å². The summed E-state index contributed by atoms with van der Waals surface area (Å²) in [6, 6.07) is 2.58. The predicted octanol–water partition coefficient (Wildman–Crippen LogP) is -0.594. The summed E-state index contributed by atoms with van der Waals surface area (Å²) in [5.41, 5.74) is 6.31. The molecule has 0 radical (unpaired) electrons. The zero-order valence-electron chi connectivity index (χ0n) is 8.38. The standard InChI is InChI=1S/C10H11N3O3/c11-7-4-5(1-2-12-7)3-6-8(10(15)16)13-9(6)14/h1-2,4,6,8H,3H2,(H2,11,12)(H,13,14)(H,15,16). The van der Waals surface area contributed by atoms with Crippen LogP contribution in [0, 0.1) is 5.92 Å². The highest BCUT2D eigenvalue weighted by Crippen LogP contribution is 2.21. The van der Waals surface area contributed by atoms with Gasteiger partial charge in [0, 0.05) is 6.20 Å². The van der Waals surface area contributed by atoms with Crippen molar-refractivity contribution in [3.05, 3.63) is 23.9 Å². The third-order valence-corrected chi connectivity index (χ3v) is 2.60. The van der Waals surface area contributed by atoms with Crippen LogP contribution < -0.4 is 11.1 Å². The average Bonchev–Trinajstić information content (AvgIpc) is 2.22. The number of amides is 1. The molecule has 0 aromatic carbocycles. The van der Waals surface area contributed by atoms with E-state index in [1.807, 2.05) is 0 Å². The number of nitrogens with two attached hydrogens (primary N) is 1. The number of carboxylic acids is 1. The van der Waals surface area contributed by atoms with Crippen LogP contribution in [0.2, 0.25) is 0 Å². The molecule has 2 atom stereocenters. The Morgan fingerprint density at radius 2 is 2.38 bits per heavy atom. The smallest absolute Gasteiger partial charge is 0.327 e. The van der Waals surface area contributed by atoms with Gasteiger partial charge in [0.2, 0.25) is 5.91 Å². The molecule has 6 nitrogen and oxygen atoms in total. The molecule has 0 spiro atoms. The first-order valence-corrected chi connectivity index (χ1v) is 4.81. The van der Waals surface area contributed by atoms with Crippen LogP contribution in [0.25, 0.3) is 0 Å². The number of nitrogens with zero attached hydrogens (tertiary/aromatic N) is 1. The Morgan fingerprint density at radius 3 is 2.94 bits per heavy atom. The van der Waals surface area contributed by atoms with Gasteiger partial charge in [0.1, 0.15) is 11.9 Å². The van der Waals surface area contributed by atoms with Crippen LogP contribution in [-0.4, -0.2) is 28.0 Å². The second-order valence-corrected chi connectivity index (χ2v) is 3.72. The highest BCUT2D eigenvalue weighted by atomic mass is 16.4. The minimum atomic E-state index is -1.01. The molecule has 0 saturated carbocycles. The van der Waals surface area contributed by atoms with Crippen molar-refractivity contribution in [2.45, 2.75) is 12.5 Å². The Labute approximate surface area is 91.5 Å². The van der Waals surface area contributed by atoms with Gasteiger partial charge in [-0.3, -0.25) is 4.79 Å². The van der Waals surface area contributed by atoms with E-state index in [9.17, 15) is 9.59 Å². The second-order valence-electron chi connectivity index (χ2n) is 3.72. The molecule has 16 heavy (non-hydrogen) atoms. The zero-order valence-corrected chi connectivity index (χ0v) is 8.38. The number of β-lactam (4-membered cyclic amide) rings is 1. The number of nitrogen functional groups attached to an aromatic ring is 1. The molecule has 1 aliphatic heterocycles. The number of hydrogen-bond donors (Lipinski definition) is 3. The quantitative estimate of drug-likeness (QED) is 0.591. The molecular weight excluding hydrogens is 210 g/mol. The maximum absolute atomic E-state index is 11.2. The SMILES string of the molecule is Nc1cc(CC2C(=O)NC2C(=O)O)ccn1. The first-order chi connectivity index (χ1) is 7.58. The summed E-state index contributed by atoms with van der Waals surface area (Å²) >= 11 is 0. The minimum absolute atomic E-state index is 0.234. The number of aliphatic carboxylic acids is 1. The molecule has 1 aromatic heterocycles. The maximum atomic E-state index is 11.2. The Kier molecular flexibility index (Phi) is 2.47. The molecule has 0 aliphatic carbocycles. The number of carbonyl (C=O) groups is 2. The third kappa shape index (κ3) is 1.81. The van der Waals surface area contributed by atoms with Crippen molar-refractivity contribution >= 4 is 17.7 Å². The van der Waals surface area contributed by atoms with Crippen LogP contribution in [0.15, 0.2) is 18.3 Å². The highest BCUT2D eigenvalue weighted by molar-refractivity contribution is 5.96. The summed E-state index contributed by atoms with van der Waals surface area (Å²) in [5.74, 6) is -1.39. The van der Waals surface area contributed by atoms with Gasteiger partial charge in [-0.05, 0) is 24.1 Å². The molecule has 1 aliphatic rings. The molecule has 4 N–H and O–H groups in total. The topological polar surface area (TPSA) is 105 Å². The molecule has 84 valence electrons. The first kappa shape index (κ1) is 10.4. The van der Waals surface area contributed by atoms with Gasteiger partial charge >= 0.3 is 5.97 Å². The second kappa shape index (κ2) is 3.80. The van der Waals surface area contributed by atoms with Crippen LogP contribution >= 0.6 is 0 Å². The van der Waals surface area contributed by atoms with Crippen molar-refractivity contribution in [1.82, 2.24) is 10.3 Å². The molecule has 2 unspecified atom stereocenters. The summed E-state index contributed by atoms with van der Waals surface area (Å²) in [6.45, 7) is 0. The molecule has 1 fully saturated rings. The predicted molar refractivity (Wildman–Crippen MR) is 55.4 cm³/mol. The van der Waals surface area contributed by atoms with E-state index in [0.717, 1.165) is 5.56 Å². The number of rotatable bonds is 3. The third-order valence-electron chi connectivity index (χ3n) is 2.60. The molecule has 1 saturated heterocycles. The van der Waals surface area contributed by atoms with Gasteiger partial charge in [-0.15, -0.1) is 0 Å². The van der Waals surface area contributed by atoms with E-state index in [2.05, 4.69) is 10.3 Å². The van der Waals surface area contributed by atoms with Gasteiger partial charge in [0.15, 0.2) is 0 Å². The normalized spacial score (nSPS) is 23.4. The first-order valence-electron chi connectivity index (χ1n) is 4.81. The fourth-order valence-corrected chi connectivity index (χ4v) is 1.74. The van der Waals surface area contributed by atoms with E-state index in [-0.39, 0.29) is 5.91 Å². The van der Waals surface area contributed by atoms with E-state index in [1.54, 1.807) is 12.1 Å². The van der Waals surface area contributed by atoms with Crippen LogP contribution in [0.5, 0.6) is 0 Å². The Morgan fingerprint density at radius 1 is 1.62 bits per heavy atom. The minimum Gasteiger partial charge on any atom is -0.480 e. The van der Waals surface area contributed by atoms with Crippen LogP contribution in [0.1, 0.15) is 5.56 Å². The Bertz CT molecular complexity index is 447. The van der Waals surface area contributed by atoms with Crippen molar-refractivity contribution in [1.29, 1.82) is 0 Å². The molecule has 6 heteroatoms. The number of nitrogens with one attached hydrogen (secondary N) is 1. The number of pyridine rings is 1. The summed E-state index contributed by atoms with van der Waals surface area (Å²) < 4.78 is 0. The fourth-order valence-electron chi connectivity index (χ4n) is 1.74.